The number of carbonyl (C=O) groups is 3. The Hall–Kier alpha value is -3.17. The highest BCUT2D eigenvalue weighted by molar-refractivity contribution is 7.59. The molecule has 0 bridgehead atoms. The number of benzene rings is 2. The van der Waals surface area contributed by atoms with E-state index in [1.54, 1.807) is 47.5 Å². The Balaban J connectivity index is 0.00000304. The van der Waals surface area contributed by atoms with Crippen LogP contribution in [0.15, 0.2) is 48.7 Å². The third-order valence-corrected chi connectivity index (χ3v) is 7.02. The van der Waals surface area contributed by atoms with Gasteiger partial charge in [0.2, 0.25) is 0 Å². The smallest absolute Gasteiger partial charge is 0.414 e. The third-order valence-electron chi connectivity index (χ3n) is 6.71. The van der Waals surface area contributed by atoms with Crippen LogP contribution in [0.3, 0.4) is 0 Å². The number of carbonyl (C=O) groups excluding carboxylic acids is 3. The van der Waals surface area contributed by atoms with E-state index in [4.69, 9.17) is 16.3 Å². The summed E-state index contributed by atoms with van der Waals surface area (Å²) >= 11 is 6.14. The van der Waals surface area contributed by atoms with Gasteiger partial charge in [0, 0.05) is 52.5 Å². The Bertz CT molecular complexity index is 1260. The number of rotatable bonds is 5. The summed E-state index contributed by atoms with van der Waals surface area (Å²) in [5.74, 6) is -0.382. The van der Waals surface area contributed by atoms with Crippen molar-refractivity contribution in [1.82, 2.24) is 15.6 Å². The van der Waals surface area contributed by atoms with Gasteiger partial charge in [0.15, 0.2) is 0 Å². The highest BCUT2D eigenvalue weighted by Crippen LogP contribution is 2.25. The molecule has 1 unspecified atom stereocenters. The van der Waals surface area contributed by atoms with Crippen molar-refractivity contribution in [3.8, 4) is 0 Å². The second kappa shape index (κ2) is 11.3. The van der Waals surface area contributed by atoms with E-state index in [2.05, 4.69) is 15.6 Å². The zero-order valence-corrected chi connectivity index (χ0v) is 21.4. The van der Waals surface area contributed by atoms with Crippen LogP contribution in [-0.2, 0) is 4.74 Å². The van der Waals surface area contributed by atoms with Crippen LogP contribution < -0.4 is 15.5 Å². The molecule has 1 aliphatic heterocycles. The molecule has 3 aromatic rings. The molecule has 2 fully saturated rings. The van der Waals surface area contributed by atoms with Gasteiger partial charge in [0.25, 0.3) is 11.8 Å². The maximum Gasteiger partial charge on any atom is 0.414 e. The topological polar surface area (TPSA) is 104 Å². The summed E-state index contributed by atoms with van der Waals surface area (Å²) in [7, 11) is 0. The molecule has 0 spiro atoms. The van der Waals surface area contributed by atoms with Crippen molar-refractivity contribution >= 4 is 59.6 Å². The van der Waals surface area contributed by atoms with Crippen LogP contribution in [0, 0.1) is 0 Å². The lowest BCUT2D eigenvalue weighted by Gasteiger charge is -2.33. The Morgan fingerprint density at radius 1 is 0.944 bits per heavy atom. The Morgan fingerprint density at radius 3 is 2.25 bits per heavy atom. The molecule has 36 heavy (non-hydrogen) atoms. The molecule has 3 N–H and O–H groups in total. The van der Waals surface area contributed by atoms with Crippen LogP contribution in [0.1, 0.15) is 52.8 Å². The molecular weight excluding hydrogens is 500 g/mol. The summed E-state index contributed by atoms with van der Waals surface area (Å²) in [6, 6.07) is 12.0. The normalized spacial score (nSPS) is 19.8. The second-order valence-electron chi connectivity index (χ2n) is 9.01. The predicted octanol–water partition coefficient (Wildman–Crippen LogP) is 4.75. The molecule has 1 aromatic heterocycles. The van der Waals surface area contributed by atoms with E-state index in [1.807, 2.05) is 6.07 Å². The lowest BCUT2D eigenvalue weighted by Crippen LogP contribution is -2.53. The molecule has 2 aromatic carbocycles. The Labute approximate surface area is 221 Å². The highest BCUT2D eigenvalue weighted by atomic mass is 35.5. The number of cyclic esters (lactones) is 1. The summed E-state index contributed by atoms with van der Waals surface area (Å²) in [5.41, 5.74) is 2.55. The first-order valence-corrected chi connectivity index (χ1v) is 12.3. The zero-order chi connectivity index (χ0) is 24.4. The standard InChI is InChI=1S/C26H27ClN4O4.H2S/c27-20-15-28-23-14-17(8-11-19(20)23)25(33)30-22-5-2-1-4-21(22)29-24(32)16-6-9-18(10-7-16)31-12-3-13-35-26(31)34;/h6-11,14-15,21-22,28H,1-5,12-13H2,(H,29,32)(H,30,33);1H2/t21?,22-;/m1./s1. The van der Waals surface area contributed by atoms with Gasteiger partial charge in [-0.3, -0.25) is 14.5 Å². The number of hydrogen-bond donors (Lipinski definition) is 3. The second-order valence-corrected chi connectivity index (χ2v) is 9.41. The number of nitrogens with one attached hydrogen (secondary N) is 3. The van der Waals surface area contributed by atoms with E-state index in [9.17, 15) is 14.4 Å². The van der Waals surface area contributed by atoms with Crippen molar-refractivity contribution in [3.05, 3.63) is 64.8 Å². The van der Waals surface area contributed by atoms with Gasteiger partial charge in [-0.1, -0.05) is 30.5 Å². The average Bonchev–Trinajstić information content (AvgIpc) is 3.25. The van der Waals surface area contributed by atoms with Gasteiger partial charge in [-0.05, 0) is 55.7 Å². The van der Waals surface area contributed by atoms with Crippen LogP contribution in [0.5, 0.6) is 0 Å². The lowest BCUT2D eigenvalue weighted by molar-refractivity contribution is 0.0863. The molecule has 10 heteroatoms. The summed E-state index contributed by atoms with van der Waals surface area (Å²) < 4.78 is 5.09. The number of halogens is 1. The molecule has 8 nitrogen and oxygen atoms in total. The summed E-state index contributed by atoms with van der Waals surface area (Å²) in [6.07, 6.45) is 5.67. The molecule has 1 saturated heterocycles. The quantitative estimate of drug-likeness (QED) is 0.444. The van der Waals surface area contributed by atoms with E-state index in [0.29, 0.717) is 35.0 Å². The first-order valence-electron chi connectivity index (χ1n) is 11.9. The minimum atomic E-state index is -0.368. The fraction of sp³-hybridized carbons (Fsp3) is 0.346. The molecular formula is C26H29ClN4O4S. The highest BCUT2D eigenvalue weighted by Gasteiger charge is 2.29. The number of aromatic amines is 1. The van der Waals surface area contributed by atoms with E-state index in [-0.39, 0.29) is 43.5 Å². The molecule has 1 saturated carbocycles. The zero-order valence-electron chi connectivity index (χ0n) is 19.7. The van der Waals surface area contributed by atoms with Crippen molar-refractivity contribution in [3.63, 3.8) is 0 Å². The monoisotopic (exact) mass is 528 g/mol. The van der Waals surface area contributed by atoms with Gasteiger partial charge in [-0.2, -0.15) is 13.5 Å². The number of fused-ring (bicyclic) bond motifs is 1. The molecule has 2 aliphatic rings. The molecule has 190 valence electrons. The van der Waals surface area contributed by atoms with Gasteiger partial charge in [0.1, 0.15) is 0 Å². The van der Waals surface area contributed by atoms with E-state index < -0.39 is 0 Å². The van der Waals surface area contributed by atoms with Crippen LogP contribution in [-0.4, -0.2) is 48.1 Å². The van der Waals surface area contributed by atoms with Crippen LogP contribution in [0.2, 0.25) is 5.02 Å². The van der Waals surface area contributed by atoms with Gasteiger partial charge in [-0.15, -0.1) is 0 Å². The summed E-state index contributed by atoms with van der Waals surface area (Å²) in [6.45, 7) is 1.03. The Kier molecular flexibility index (Phi) is 8.11. The van der Waals surface area contributed by atoms with Crippen LogP contribution >= 0.6 is 25.1 Å². The molecule has 5 rings (SSSR count). The van der Waals surface area contributed by atoms with Gasteiger partial charge in [0.05, 0.1) is 11.6 Å². The SMILES string of the molecule is O=C(NC1CCCC[C@H]1NC(=O)c1ccc2c(Cl)c[nH]c2c1)c1ccc(N2CCCOC2=O)cc1.S. The largest absolute Gasteiger partial charge is 0.449 e. The number of ether oxygens (including phenoxy) is 1. The van der Waals surface area contributed by atoms with E-state index in [1.165, 1.54) is 0 Å². The number of aromatic nitrogens is 1. The minimum absolute atomic E-state index is 0. The van der Waals surface area contributed by atoms with E-state index >= 15 is 0 Å². The van der Waals surface area contributed by atoms with Gasteiger partial charge in [-0.25, -0.2) is 4.79 Å². The maximum absolute atomic E-state index is 13.0. The van der Waals surface area contributed by atoms with Crippen LogP contribution in [0.4, 0.5) is 10.5 Å². The molecule has 2 atom stereocenters. The van der Waals surface area contributed by atoms with Crippen molar-refractivity contribution in [2.45, 2.75) is 44.2 Å². The number of hydrogen-bond acceptors (Lipinski definition) is 4. The van der Waals surface area contributed by atoms with Crippen molar-refractivity contribution in [1.29, 1.82) is 0 Å². The average molecular weight is 529 g/mol. The van der Waals surface area contributed by atoms with Gasteiger partial charge < -0.3 is 20.4 Å². The molecule has 1 aliphatic carbocycles. The number of nitrogens with zero attached hydrogens (tertiary/aromatic N) is 1. The third kappa shape index (κ3) is 5.47. The molecule has 2 heterocycles. The number of amides is 3. The van der Waals surface area contributed by atoms with E-state index in [0.717, 1.165) is 43.0 Å². The lowest BCUT2D eigenvalue weighted by atomic mass is 9.89. The minimum Gasteiger partial charge on any atom is -0.449 e. The fourth-order valence-electron chi connectivity index (χ4n) is 4.79. The first kappa shape index (κ1) is 25.9. The predicted molar refractivity (Wildman–Crippen MR) is 144 cm³/mol. The van der Waals surface area contributed by atoms with Crippen molar-refractivity contribution in [2.24, 2.45) is 0 Å². The summed E-state index contributed by atoms with van der Waals surface area (Å²) in [4.78, 5) is 42.5. The maximum atomic E-state index is 13.0. The number of H-pyrrole nitrogens is 1. The van der Waals surface area contributed by atoms with Crippen molar-refractivity contribution in [2.75, 3.05) is 18.1 Å². The first-order chi connectivity index (χ1) is 17.0. The van der Waals surface area contributed by atoms with Gasteiger partial charge >= 0.3 is 6.09 Å². The summed E-state index contributed by atoms with van der Waals surface area (Å²) in [5, 5.41) is 7.70. The Morgan fingerprint density at radius 2 is 1.58 bits per heavy atom. The van der Waals surface area contributed by atoms with Crippen LogP contribution in [0.25, 0.3) is 10.9 Å². The molecule has 3 amide bonds. The fourth-order valence-corrected chi connectivity index (χ4v) is 5.01. The number of anilines is 1. The molecule has 0 radical (unpaired) electrons. The van der Waals surface area contributed by atoms with Crippen molar-refractivity contribution < 1.29 is 19.1 Å².